The Morgan fingerprint density at radius 2 is 2.00 bits per heavy atom. The Balaban J connectivity index is 0.00000441. The molecule has 2 N–H and O–H groups in total. The molecule has 0 aliphatic rings. The van der Waals surface area contributed by atoms with E-state index in [1.54, 1.807) is 0 Å². The summed E-state index contributed by atoms with van der Waals surface area (Å²) in [4.78, 5) is 3.88. The van der Waals surface area contributed by atoms with Crippen LogP contribution in [-0.2, 0) is 6.54 Å². The van der Waals surface area contributed by atoms with Gasteiger partial charge in [-0.15, -0.1) is 24.0 Å². The van der Waals surface area contributed by atoms with Crippen molar-refractivity contribution < 1.29 is 17.9 Å². The molecule has 4 nitrogen and oxygen atoms in total. The summed E-state index contributed by atoms with van der Waals surface area (Å²) in [6.07, 6.45) is -5.06. The van der Waals surface area contributed by atoms with E-state index in [0.717, 1.165) is 11.3 Å². The number of nitrogens with zero attached hydrogens (tertiary/aromatic N) is 1. The summed E-state index contributed by atoms with van der Waals surface area (Å²) in [7, 11) is 1.51. The van der Waals surface area contributed by atoms with Crippen LogP contribution in [0.2, 0.25) is 0 Å². The summed E-state index contributed by atoms with van der Waals surface area (Å²) in [5, 5.41) is 5.58. The van der Waals surface area contributed by atoms with Crippen molar-refractivity contribution in [1.82, 2.24) is 10.6 Å². The van der Waals surface area contributed by atoms with E-state index >= 15 is 0 Å². The van der Waals surface area contributed by atoms with Crippen molar-refractivity contribution in [3.63, 3.8) is 0 Å². The molecule has 1 rings (SSSR count). The summed E-state index contributed by atoms with van der Waals surface area (Å²) in [5.74, 6) is 1.10. The Bertz CT molecular complexity index is 467. The van der Waals surface area contributed by atoms with Gasteiger partial charge in [-0.25, -0.2) is 0 Å². The Morgan fingerprint density at radius 3 is 2.59 bits per heavy atom. The largest absolute Gasteiger partial charge is 0.494 e. The van der Waals surface area contributed by atoms with Gasteiger partial charge in [-0.3, -0.25) is 4.99 Å². The molecule has 0 atom stereocenters. The highest BCUT2D eigenvalue weighted by atomic mass is 127. The third kappa shape index (κ3) is 8.96. The Hall–Kier alpha value is -1.19. The lowest BCUT2D eigenvalue weighted by molar-refractivity contribution is -0.132. The normalized spacial score (nSPS) is 11.6. The van der Waals surface area contributed by atoms with Crippen LogP contribution in [0.1, 0.15) is 18.9 Å². The number of benzene rings is 1. The first-order valence-electron chi connectivity index (χ1n) is 6.67. The van der Waals surface area contributed by atoms with E-state index in [1.807, 2.05) is 31.2 Å². The molecule has 0 aliphatic heterocycles. The third-order valence-corrected chi connectivity index (χ3v) is 2.59. The van der Waals surface area contributed by atoms with E-state index in [1.165, 1.54) is 7.05 Å². The summed E-state index contributed by atoms with van der Waals surface area (Å²) in [6.45, 7) is 2.73. The number of ether oxygens (including phenoxy) is 1. The van der Waals surface area contributed by atoms with Gasteiger partial charge >= 0.3 is 6.18 Å². The summed E-state index contributed by atoms with van der Waals surface area (Å²) < 4.78 is 41.6. The van der Waals surface area contributed by atoms with E-state index < -0.39 is 12.6 Å². The second-order valence-corrected chi connectivity index (χ2v) is 4.30. The number of aliphatic imine (C=N–C) groups is 1. The minimum atomic E-state index is -4.17. The third-order valence-electron chi connectivity index (χ3n) is 2.59. The minimum absolute atomic E-state index is 0. The fourth-order valence-electron chi connectivity index (χ4n) is 1.64. The van der Waals surface area contributed by atoms with Crippen LogP contribution >= 0.6 is 24.0 Å². The van der Waals surface area contributed by atoms with Crippen molar-refractivity contribution in [3.05, 3.63) is 29.8 Å². The standard InChI is InChI=1S/C14H20F3N3O.HI/c1-3-21-12-6-4-5-11(9-12)10-20-13(18-2)19-8-7-14(15,16)17;/h4-6,9H,3,7-8,10H2,1-2H3,(H2,18,19,20);1H. The van der Waals surface area contributed by atoms with Gasteiger partial charge in [-0.2, -0.15) is 13.2 Å². The lowest BCUT2D eigenvalue weighted by Gasteiger charge is -2.13. The van der Waals surface area contributed by atoms with Crippen molar-refractivity contribution >= 4 is 29.9 Å². The maximum absolute atomic E-state index is 12.1. The Morgan fingerprint density at radius 1 is 1.27 bits per heavy atom. The van der Waals surface area contributed by atoms with Crippen molar-refractivity contribution in [3.8, 4) is 5.75 Å². The molecule has 126 valence electrons. The zero-order chi connectivity index (χ0) is 15.7. The molecule has 22 heavy (non-hydrogen) atoms. The minimum Gasteiger partial charge on any atom is -0.494 e. The van der Waals surface area contributed by atoms with Gasteiger partial charge in [0.25, 0.3) is 0 Å². The molecule has 0 aliphatic carbocycles. The average molecular weight is 431 g/mol. The zero-order valence-electron chi connectivity index (χ0n) is 12.5. The zero-order valence-corrected chi connectivity index (χ0v) is 14.9. The van der Waals surface area contributed by atoms with Crippen LogP contribution in [0.5, 0.6) is 5.75 Å². The monoisotopic (exact) mass is 431 g/mol. The van der Waals surface area contributed by atoms with Crippen LogP contribution in [0.4, 0.5) is 13.2 Å². The van der Waals surface area contributed by atoms with Gasteiger partial charge in [0.1, 0.15) is 5.75 Å². The summed E-state index contributed by atoms with van der Waals surface area (Å²) in [6, 6.07) is 7.49. The van der Waals surface area contributed by atoms with Crippen LogP contribution in [-0.4, -0.2) is 32.3 Å². The van der Waals surface area contributed by atoms with E-state index in [-0.39, 0.29) is 30.5 Å². The van der Waals surface area contributed by atoms with Crippen LogP contribution < -0.4 is 15.4 Å². The number of halogens is 4. The lowest BCUT2D eigenvalue weighted by atomic mass is 10.2. The number of rotatable bonds is 6. The topological polar surface area (TPSA) is 45.6 Å². The van der Waals surface area contributed by atoms with Gasteiger partial charge in [0.15, 0.2) is 5.96 Å². The van der Waals surface area contributed by atoms with Crippen molar-refractivity contribution in [2.75, 3.05) is 20.2 Å². The smallest absolute Gasteiger partial charge is 0.390 e. The van der Waals surface area contributed by atoms with Crippen LogP contribution in [0, 0.1) is 0 Å². The molecule has 0 amide bonds. The quantitative estimate of drug-likeness (QED) is 0.413. The second kappa shape index (κ2) is 10.5. The number of hydrogen-bond donors (Lipinski definition) is 2. The molecule has 0 saturated heterocycles. The first-order chi connectivity index (χ1) is 9.94. The maximum atomic E-state index is 12.1. The van der Waals surface area contributed by atoms with Crippen LogP contribution in [0.25, 0.3) is 0 Å². The first-order valence-corrected chi connectivity index (χ1v) is 6.67. The van der Waals surface area contributed by atoms with Gasteiger partial charge < -0.3 is 15.4 Å². The molecule has 0 bridgehead atoms. The molecule has 0 unspecified atom stereocenters. The number of guanidine groups is 1. The van der Waals surface area contributed by atoms with Crippen LogP contribution in [0.3, 0.4) is 0 Å². The Labute approximate surface area is 145 Å². The van der Waals surface area contributed by atoms with Crippen molar-refractivity contribution in [2.45, 2.75) is 26.1 Å². The predicted octanol–water partition coefficient (Wildman–Crippen LogP) is 3.32. The van der Waals surface area contributed by atoms with E-state index in [0.29, 0.717) is 19.1 Å². The average Bonchev–Trinajstić information content (AvgIpc) is 2.42. The number of hydrogen-bond acceptors (Lipinski definition) is 2. The highest BCUT2D eigenvalue weighted by Gasteiger charge is 2.26. The molecule has 0 radical (unpaired) electrons. The van der Waals surface area contributed by atoms with E-state index in [2.05, 4.69) is 15.6 Å². The fourth-order valence-corrected chi connectivity index (χ4v) is 1.64. The predicted molar refractivity (Wildman–Crippen MR) is 91.9 cm³/mol. The molecule has 8 heteroatoms. The highest BCUT2D eigenvalue weighted by molar-refractivity contribution is 14.0. The summed E-state index contributed by atoms with van der Waals surface area (Å²) >= 11 is 0. The molecule has 1 aromatic rings. The van der Waals surface area contributed by atoms with Crippen molar-refractivity contribution in [2.24, 2.45) is 4.99 Å². The highest BCUT2D eigenvalue weighted by Crippen LogP contribution is 2.18. The molecular weight excluding hydrogens is 410 g/mol. The second-order valence-electron chi connectivity index (χ2n) is 4.30. The number of nitrogens with one attached hydrogen (secondary N) is 2. The van der Waals surface area contributed by atoms with Gasteiger partial charge in [-0.05, 0) is 24.6 Å². The van der Waals surface area contributed by atoms with Gasteiger partial charge in [-0.1, -0.05) is 12.1 Å². The van der Waals surface area contributed by atoms with Crippen molar-refractivity contribution in [1.29, 1.82) is 0 Å². The first kappa shape index (κ1) is 20.8. The SMILES string of the molecule is CCOc1cccc(CNC(=NC)NCCC(F)(F)F)c1.I. The Kier molecular flexibility index (Phi) is 9.95. The molecular formula is C14H21F3IN3O. The van der Waals surface area contributed by atoms with E-state index in [4.69, 9.17) is 4.74 Å². The maximum Gasteiger partial charge on any atom is 0.390 e. The molecule has 0 aromatic heterocycles. The fraction of sp³-hybridized carbons (Fsp3) is 0.500. The molecule has 0 heterocycles. The molecule has 1 aromatic carbocycles. The lowest BCUT2D eigenvalue weighted by Crippen LogP contribution is -2.38. The van der Waals surface area contributed by atoms with Gasteiger partial charge in [0, 0.05) is 20.1 Å². The number of alkyl halides is 3. The van der Waals surface area contributed by atoms with Gasteiger partial charge in [0.05, 0.1) is 13.0 Å². The van der Waals surface area contributed by atoms with Gasteiger partial charge in [0.2, 0.25) is 0 Å². The van der Waals surface area contributed by atoms with E-state index in [9.17, 15) is 13.2 Å². The van der Waals surface area contributed by atoms with Crippen LogP contribution in [0.15, 0.2) is 29.3 Å². The molecule has 0 spiro atoms. The molecule has 0 fully saturated rings. The molecule has 0 saturated carbocycles. The summed E-state index contributed by atoms with van der Waals surface area (Å²) in [5.41, 5.74) is 0.958.